The minimum atomic E-state index is 0.651. The molecule has 0 saturated carbocycles. The molecule has 0 fully saturated rings. The fourth-order valence-electron chi connectivity index (χ4n) is 1.43. The summed E-state index contributed by atoms with van der Waals surface area (Å²) in [5, 5.41) is 4.32. The fourth-order valence-corrected chi connectivity index (χ4v) is 1.43. The van der Waals surface area contributed by atoms with Gasteiger partial charge in [0.05, 0.1) is 6.61 Å². The van der Waals surface area contributed by atoms with Crippen molar-refractivity contribution in [2.75, 3.05) is 13.7 Å². The summed E-state index contributed by atoms with van der Waals surface area (Å²) in [5.41, 5.74) is 0. The molecule has 0 aliphatic carbocycles. The molecule has 16 heavy (non-hydrogen) atoms. The zero-order chi connectivity index (χ0) is 11.4. The SMILES string of the molecule is CCc1ncn(-c2nccn2CCOC)n1. The predicted octanol–water partition coefficient (Wildman–Crippen LogP) is 0.673. The molecule has 0 bridgehead atoms. The number of hydrogen-bond acceptors (Lipinski definition) is 4. The molecule has 0 aliphatic heterocycles. The predicted molar refractivity (Wildman–Crippen MR) is 58.4 cm³/mol. The molecule has 0 unspecified atom stereocenters. The van der Waals surface area contributed by atoms with Crippen molar-refractivity contribution in [2.45, 2.75) is 19.9 Å². The first-order chi connectivity index (χ1) is 7.85. The zero-order valence-electron chi connectivity index (χ0n) is 9.50. The molecule has 86 valence electrons. The summed E-state index contributed by atoms with van der Waals surface area (Å²) in [4.78, 5) is 8.43. The molecule has 0 aromatic carbocycles. The van der Waals surface area contributed by atoms with Crippen LogP contribution in [0, 0.1) is 0 Å². The Morgan fingerprint density at radius 1 is 1.38 bits per heavy atom. The monoisotopic (exact) mass is 221 g/mol. The Morgan fingerprint density at radius 2 is 2.25 bits per heavy atom. The summed E-state index contributed by atoms with van der Waals surface area (Å²) in [5.74, 6) is 1.59. The highest BCUT2D eigenvalue weighted by Crippen LogP contribution is 2.04. The molecule has 0 N–H and O–H groups in total. The number of hydrogen-bond donors (Lipinski definition) is 0. The molecule has 6 heteroatoms. The Kier molecular flexibility index (Phi) is 3.31. The number of aryl methyl sites for hydroxylation is 1. The molecule has 0 atom stereocenters. The molecular weight excluding hydrogens is 206 g/mol. The van der Waals surface area contributed by atoms with Crippen molar-refractivity contribution in [3.63, 3.8) is 0 Å². The number of imidazole rings is 1. The van der Waals surface area contributed by atoms with Gasteiger partial charge in [-0.25, -0.2) is 9.97 Å². The summed E-state index contributed by atoms with van der Waals surface area (Å²) in [6.07, 6.45) is 6.16. The minimum Gasteiger partial charge on any atom is -0.383 e. The van der Waals surface area contributed by atoms with E-state index in [-0.39, 0.29) is 0 Å². The Bertz CT molecular complexity index is 448. The summed E-state index contributed by atoms with van der Waals surface area (Å²) in [6, 6.07) is 0. The average molecular weight is 221 g/mol. The lowest BCUT2D eigenvalue weighted by Crippen LogP contribution is -2.10. The van der Waals surface area contributed by atoms with Crippen LogP contribution in [0.2, 0.25) is 0 Å². The number of aromatic nitrogens is 5. The second-order valence-corrected chi connectivity index (χ2v) is 3.37. The van der Waals surface area contributed by atoms with E-state index >= 15 is 0 Å². The van der Waals surface area contributed by atoms with Crippen LogP contribution in [0.5, 0.6) is 0 Å². The van der Waals surface area contributed by atoms with E-state index in [9.17, 15) is 0 Å². The standard InChI is InChI=1S/C10H15N5O/c1-3-9-12-8-15(13-9)10-11-4-5-14(10)6-7-16-2/h4-5,8H,3,6-7H2,1-2H3. The van der Waals surface area contributed by atoms with Crippen LogP contribution in [0.4, 0.5) is 0 Å². The second kappa shape index (κ2) is 4.89. The van der Waals surface area contributed by atoms with E-state index in [1.165, 1.54) is 0 Å². The third-order valence-corrected chi connectivity index (χ3v) is 2.29. The first kappa shape index (κ1) is 10.8. The van der Waals surface area contributed by atoms with Crippen LogP contribution in [0.15, 0.2) is 18.7 Å². The lowest BCUT2D eigenvalue weighted by molar-refractivity contribution is 0.187. The third kappa shape index (κ3) is 2.11. The molecule has 0 saturated heterocycles. The highest BCUT2D eigenvalue weighted by molar-refractivity contribution is 5.10. The summed E-state index contributed by atoms with van der Waals surface area (Å²) < 4.78 is 8.71. The smallest absolute Gasteiger partial charge is 0.232 e. The lowest BCUT2D eigenvalue weighted by Gasteiger charge is -2.05. The first-order valence-electron chi connectivity index (χ1n) is 5.26. The van der Waals surface area contributed by atoms with Gasteiger partial charge in [-0.3, -0.25) is 0 Å². The number of nitrogens with zero attached hydrogens (tertiary/aromatic N) is 5. The molecule has 2 heterocycles. The molecular formula is C10H15N5O. The number of rotatable bonds is 5. The quantitative estimate of drug-likeness (QED) is 0.744. The average Bonchev–Trinajstić information content (AvgIpc) is 2.94. The van der Waals surface area contributed by atoms with Crippen LogP contribution in [-0.4, -0.2) is 38.0 Å². The molecule has 0 radical (unpaired) electrons. The molecule has 2 aromatic rings. The molecule has 2 aromatic heterocycles. The van der Waals surface area contributed by atoms with Crippen molar-refractivity contribution >= 4 is 0 Å². The highest BCUT2D eigenvalue weighted by atomic mass is 16.5. The number of ether oxygens (including phenoxy) is 1. The van der Waals surface area contributed by atoms with Crippen LogP contribution in [0.1, 0.15) is 12.7 Å². The van der Waals surface area contributed by atoms with Crippen LogP contribution in [0.3, 0.4) is 0 Å². The van der Waals surface area contributed by atoms with Crippen LogP contribution < -0.4 is 0 Å². The van der Waals surface area contributed by atoms with E-state index in [1.807, 2.05) is 17.7 Å². The van der Waals surface area contributed by atoms with Crippen LogP contribution in [0.25, 0.3) is 5.95 Å². The van der Waals surface area contributed by atoms with Crippen LogP contribution >= 0.6 is 0 Å². The van der Waals surface area contributed by atoms with E-state index in [0.29, 0.717) is 6.61 Å². The Hall–Kier alpha value is -1.69. The van der Waals surface area contributed by atoms with E-state index in [2.05, 4.69) is 15.1 Å². The van der Waals surface area contributed by atoms with Crippen LogP contribution in [-0.2, 0) is 17.7 Å². The Balaban J connectivity index is 2.22. The minimum absolute atomic E-state index is 0.651. The number of methoxy groups -OCH3 is 1. The summed E-state index contributed by atoms with van der Waals surface area (Å²) >= 11 is 0. The van der Waals surface area contributed by atoms with E-state index in [0.717, 1.165) is 24.7 Å². The van der Waals surface area contributed by atoms with Gasteiger partial charge in [0.15, 0.2) is 5.82 Å². The van der Waals surface area contributed by atoms with Gasteiger partial charge in [-0.05, 0) is 0 Å². The van der Waals surface area contributed by atoms with Crippen molar-refractivity contribution in [2.24, 2.45) is 0 Å². The van der Waals surface area contributed by atoms with Gasteiger partial charge in [-0.15, -0.1) is 5.10 Å². The molecule has 0 aliphatic rings. The van der Waals surface area contributed by atoms with E-state index in [4.69, 9.17) is 4.74 Å². The van der Waals surface area contributed by atoms with E-state index < -0.39 is 0 Å². The van der Waals surface area contributed by atoms with Gasteiger partial charge in [0, 0.05) is 32.5 Å². The first-order valence-corrected chi connectivity index (χ1v) is 5.26. The van der Waals surface area contributed by atoms with Crippen molar-refractivity contribution < 1.29 is 4.74 Å². The fraction of sp³-hybridized carbons (Fsp3) is 0.500. The normalized spacial score (nSPS) is 10.9. The van der Waals surface area contributed by atoms with Gasteiger partial charge in [0.1, 0.15) is 6.33 Å². The topological polar surface area (TPSA) is 57.8 Å². The Morgan fingerprint density at radius 3 is 2.94 bits per heavy atom. The highest BCUT2D eigenvalue weighted by Gasteiger charge is 2.07. The third-order valence-electron chi connectivity index (χ3n) is 2.29. The Labute approximate surface area is 93.9 Å². The summed E-state index contributed by atoms with van der Waals surface area (Å²) in [7, 11) is 1.68. The maximum absolute atomic E-state index is 5.04. The van der Waals surface area contributed by atoms with Crippen molar-refractivity contribution in [3.8, 4) is 5.95 Å². The van der Waals surface area contributed by atoms with Crippen molar-refractivity contribution in [1.82, 2.24) is 24.3 Å². The molecule has 0 spiro atoms. The van der Waals surface area contributed by atoms with Gasteiger partial charge >= 0.3 is 0 Å². The van der Waals surface area contributed by atoms with Crippen molar-refractivity contribution in [1.29, 1.82) is 0 Å². The zero-order valence-corrected chi connectivity index (χ0v) is 9.50. The molecule has 6 nitrogen and oxygen atoms in total. The maximum atomic E-state index is 5.04. The maximum Gasteiger partial charge on any atom is 0.232 e. The molecule has 2 rings (SSSR count). The van der Waals surface area contributed by atoms with Crippen molar-refractivity contribution in [3.05, 3.63) is 24.5 Å². The second-order valence-electron chi connectivity index (χ2n) is 3.37. The van der Waals surface area contributed by atoms with E-state index in [1.54, 1.807) is 24.3 Å². The summed E-state index contributed by atoms with van der Waals surface area (Å²) in [6.45, 7) is 3.43. The van der Waals surface area contributed by atoms with Gasteiger partial charge < -0.3 is 9.30 Å². The molecule has 0 amide bonds. The largest absolute Gasteiger partial charge is 0.383 e. The van der Waals surface area contributed by atoms with Gasteiger partial charge in [0.2, 0.25) is 5.95 Å². The van der Waals surface area contributed by atoms with Gasteiger partial charge in [0.25, 0.3) is 0 Å². The van der Waals surface area contributed by atoms with Gasteiger partial charge in [-0.1, -0.05) is 6.92 Å². The lowest BCUT2D eigenvalue weighted by atomic mass is 10.5. The van der Waals surface area contributed by atoms with Gasteiger partial charge in [-0.2, -0.15) is 4.68 Å².